The predicted molar refractivity (Wildman–Crippen MR) is 93.0 cm³/mol. The molecule has 1 aromatic rings. The standard InChI is InChI=1S/C19H24ClNO3/c20-16-5-3-4-14(12-16)13-19(8-1-2-9-19)18(24)21-10-6-15(7-11-21)17(22)23/h3-5,12,15H,1-2,6-11,13H2,(H,22,23). The van der Waals surface area contributed by atoms with Crippen molar-refractivity contribution < 1.29 is 14.7 Å². The molecule has 0 aromatic heterocycles. The number of piperidine rings is 1. The van der Waals surface area contributed by atoms with Gasteiger partial charge in [-0.05, 0) is 49.8 Å². The molecule has 1 aliphatic carbocycles. The molecule has 4 nitrogen and oxygen atoms in total. The summed E-state index contributed by atoms with van der Waals surface area (Å²) in [7, 11) is 0. The van der Waals surface area contributed by atoms with E-state index >= 15 is 0 Å². The van der Waals surface area contributed by atoms with Crippen molar-refractivity contribution >= 4 is 23.5 Å². The van der Waals surface area contributed by atoms with Crippen molar-refractivity contribution in [2.45, 2.75) is 44.9 Å². The number of carboxylic acids is 1. The van der Waals surface area contributed by atoms with E-state index in [4.69, 9.17) is 16.7 Å². The molecular formula is C19H24ClNO3. The molecule has 1 N–H and O–H groups in total. The number of nitrogens with zero attached hydrogens (tertiary/aromatic N) is 1. The fraction of sp³-hybridized carbons (Fsp3) is 0.579. The number of hydrogen-bond donors (Lipinski definition) is 1. The van der Waals surface area contributed by atoms with Crippen molar-refractivity contribution in [3.8, 4) is 0 Å². The fourth-order valence-electron chi connectivity index (χ4n) is 4.22. The van der Waals surface area contributed by atoms with E-state index in [0.717, 1.165) is 37.7 Å². The molecule has 24 heavy (non-hydrogen) atoms. The first-order chi connectivity index (χ1) is 11.5. The van der Waals surface area contributed by atoms with Gasteiger partial charge in [0.25, 0.3) is 0 Å². The molecule has 1 saturated carbocycles. The molecule has 1 aliphatic heterocycles. The van der Waals surface area contributed by atoms with Crippen LogP contribution in [0.15, 0.2) is 24.3 Å². The lowest BCUT2D eigenvalue weighted by Gasteiger charge is -2.38. The minimum Gasteiger partial charge on any atom is -0.481 e. The quantitative estimate of drug-likeness (QED) is 0.900. The largest absolute Gasteiger partial charge is 0.481 e. The van der Waals surface area contributed by atoms with Gasteiger partial charge in [0.1, 0.15) is 0 Å². The zero-order valence-corrected chi connectivity index (χ0v) is 14.6. The first-order valence-electron chi connectivity index (χ1n) is 8.77. The van der Waals surface area contributed by atoms with Gasteiger partial charge < -0.3 is 10.0 Å². The van der Waals surface area contributed by atoms with Crippen LogP contribution in [0.3, 0.4) is 0 Å². The number of benzene rings is 1. The summed E-state index contributed by atoms with van der Waals surface area (Å²) in [6, 6.07) is 7.77. The van der Waals surface area contributed by atoms with Crippen molar-refractivity contribution in [3.05, 3.63) is 34.9 Å². The SMILES string of the molecule is O=C(O)C1CCN(C(=O)C2(Cc3cccc(Cl)c3)CCCC2)CC1. The van der Waals surface area contributed by atoms with Gasteiger partial charge in [-0.25, -0.2) is 0 Å². The van der Waals surface area contributed by atoms with E-state index in [2.05, 4.69) is 0 Å². The van der Waals surface area contributed by atoms with E-state index in [9.17, 15) is 9.59 Å². The summed E-state index contributed by atoms with van der Waals surface area (Å²) in [6.45, 7) is 1.13. The van der Waals surface area contributed by atoms with Gasteiger partial charge in [-0.15, -0.1) is 0 Å². The molecule has 2 fully saturated rings. The highest BCUT2D eigenvalue weighted by molar-refractivity contribution is 6.30. The molecule has 1 aromatic carbocycles. The van der Waals surface area contributed by atoms with E-state index in [1.165, 1.54) is 0 Å². The Morgan fingerprint density at radius 2 is 1.88 bits per heavy atom. The maximum Gasteiger partial charge on any atom is 0.306 e. The normalized spacial score (nSPS) is 21.0. The molecule has 2 aliphatic rings. The van der Waals surface area contributed by atoms with Crippen LogP contribution in [0.2, 0.25) is 5.02 Å². The summed E-state index contributed by atoms with van der Waals surface area (Å²) in [4.78, 5) is 26.2. The molecule has 3 rings (SSSR count). The van der Waals surface area contributed by atoms with Crippen LogP contribution in [-0.2, 0) is 16.0 Å². The van der Waals surface area contributed by atoms with Crippen molar-refractivity contribution in [3.63, 3.8) is 0 Å². The van der Waals surface area contributed by atoms with Crippen LogP contribution in [0.5, 0.6) is 0 Å². The molecule has 1 amide bonds. The number of likely N-dealkylation sites (tertiary alicyclic amines) is 1. The van der Waals surface area contributed by atoms with E-state index in [1.54, 1.807) is 0 Å². The lowest BCUT2D eigenvalue weighted by molar-refractivity contribution is -0.149. The highest BCUT2D eigenvalue weighted by Crippen LogP contribution is 2.43. The Hall–Kier alpha value is -1.55. The van der Waals surface area contributed by atoms with Crippen molar-refractivity contribution in [1.82, 2.24) is 4.90 Å². The van der Waals surface area contributed by atoms with E-state index in [1.807, 2.05) is 29.2 Å². The summed E-state index contributed by atoms with van der Waals surface area (Å²) < 4.78 is 0. The Bertz CT molecular complexity index is 617. The lowest BCUT2D eigenvalue weighted by atomic mass is 9.78. The van der Waals surface area contributed by atoms with Gasteiger partial charge >= 0.3 is 5.97 Å². The molecule has 130 valence electrons. The number of rotatable bonds is 4. The third kappa shape index (κ3) is 3.59. The van der Waals surface area contributed by atoms with Crippen LogP contribution >= 0.6 is 11.6 Å². The number of carbonyl (C=O) groups excluding carboxylic acids is 1. The third-order valence-electron chi connectivity index (χ3n) is 5.58. The van der Waals surface area contributed by atoms with Crippen LogP contribution in [0, 0.1) is 11.3 Å². The molecule has 1 saturated heterocycles. The smallest absolute Gasteiger partial charge is 0.306 e. The monoisotopic (exact) mass is 349 g/mol. The van der Waals surface area contributed by atoms with E-state index in [0.29, 0.717) is 31.0 Å². The van der Waals surface area contributed by atoms with Gasteiger partial charge in [-0.3, -0.25) is 9.59 Å². The molecule has 0 unspecified atom stereocenters. The summed E-state index contributed by atoms with van der Waals surface area (Å²) in [6.07, 6.45) is 5.85. The average Bonchev–Trinajstić information content (AvgIpc) is 3.04. The zero-order valence-electron chi connectivity index (χ0n) is 13.8. The highest BCUT2D eigenvalue weighted by Gasteiger charge is 2.44. The Morgan fingerprint density at radius 3 is 2.46 bits per heavy atom. The molecule has 0 radical (unpaired) electrons. The fourth-order valence-corrected chi connectivity index (χ4v) is 4.43. The number of carboxylic acid groups (broad SMARTS) is 1. The second kappa shape index (κ2) is 7.14. The van der Waals surface area contributed by atoms with Crippen LogP contribution in [0.4, 0.5) is 0 Å². The van der Waals surface area contributed by atoms with Crippen molar-refractivity contribution in [2.24, 2.45) is 11.3 Å². The van der Waals surface area contributed by atoms with Crippen LogP contribution in [0.25, 0.3) is 0 Å². The van der Waals surface area contributed by atoms with Crippen LogP contribution < -0.4 is 0 Å². The minimum absolute atomic E-state index is 0.212. The second-order valence-electron chi connectivity index (χ2n) is 7.20. The number of carbonyl (C=O) groups is 2. The highest BCUT2D eigenvalue weighted by atomic mass is 35.5. The summed E-state index contributed by atoms with van der Waals surface area (Å²) in [5.41, 5.74) is 0.777. The molecule has 1 heterocycles. The maximum atomic E-state index is 13.2. The van der Waals surface area contributed by atoms with Gasteiger partial charge in [0.05, 0.1) is 11.3 Å². The summed E-state index contributed by atoms with van der Waals surface area (Å²) >= 11 is 6.10. The predicted octanol–water partition coefficient (Wildman–Crippen LogP) is 3.77. The first-order valence-corrected chi connectivity index (χ1v) is 9.15. The Morgan fingerprint density at radius 1 is 1.21 bits per heavy atom. The summed E-state index contributed by atoms with van der Waals surface area (Å²) in [5, 5.41) is 9.83. The lowest BCUT2D eigenvalue weighted by Crippen LogP contribution is -2.48. The van der Waals surface area contributed by atoms with Gasteiger partial charge in [-0.2, -0.15) is 0 Å². The van der Waals surface area contributed by atoms with Gasteiger partial charge in [0.2, 0.25) is 5.91 Å². The number of hydrogen-bond acceptors (Lipinski definition) is 2. The van der Waals surface area contributed by atoms with Gasteiger partial charge in [0, 0.05) is 18.1 Å². The van der Waals surface area contributed by atoms with Gasteiger partial charge in [0.15, 0.2) is 0 Å². The third-order valence-corrected chi connectivity index (χ3v) is 5.81. The van der Waals surface area contributed by atoms with Crippen molar-refractivity contribution in [1.29, 1.82) is 0 Å². The van der Waals surface area contributed by atoms with Crippen molar-refractivity contribution in [2.75, 3.05) is 13.1 Å². The number of halogens is 1. The molecule has 0 atom stereocenters. The Labute approximate surface area is 147 Å². The second-order valence-corrected chi connectivity index (χ2v) is 7.64. The number of aliphatic carboxylic acids is 1. The molecule has 0 bridgehead atoms. The van der Waals surface area contributed by atoms with E-state index < -0.39 is 5.97 Å². The summed E-state index contributed by atoms with van der Waals surface area (Å²) in [5.74, 6) is -0.832. The van der Waals surface area contributed by atoms with E-state index in [-0.39, 0.29) is 17.2 Å². The number of amides is 1. The van der Waals surface area contributed by atoms with Crippen LogP contribution in [-0.4, -0.2) is 35.0 Å². The van der Waals surface area contributed by atoms with Gasteiger partial charge in [-0.1, -0.05) is 36.6 Å². The topological polar surface area (TPSA) is 57.6 Å². The molecular weight excluding hydrogens is 326 g/mol. The molecule has 0 spiro atoms. The molecule has 5 heteroatoms. The minimum atomic E-state index is -0.739. The Kier molecular flexibility index (Phi) is 5.14. The zero-order chi connectivity index (χ0) is 17.2. The van der Waals surface area contributed by atoms with Crippen LogP contribution in [0.1, 0.15) is 44.1 Å². The first kappa shape index (κ1) is 17.3. The Balaban J connectivity index is 1.73. The maximum absolute atomic E-state index is 13.2. The average molecular weight is 350 g/mol.